The zero-order valence-corrected chi connectivity index (χ0v) is 23.0. The van der Waals surface area contributed by atoms with Crippen LogP contribution in [0, 0.1) is 22.0 Å². The number of rotatable bonds is 10. The van der Waals surface area contributed by atoms with Crippen molar-refractivity contribution in [3.63, 3.8) is 0 Å². The van der Waals surface area contributed by atoms with Crippen LogP contribution in [0.4, 0.5) is 17.1 Å². The molecule has 0 saturated carbocycles. The van der Waals surface area contributed by atoms with Gasteiger partial charge in [0.25, 0.3) is 11.6 Å². The van der Waals surface area contributed by atoms with Crippen LogP contribution in [-0.2, 0) is 4.79 Å². The number of fused-ring (bicyclic) bond motifs is 1. The van der Waals surface area contributed by atoms with Crippen LogP contribution in [0.1, 0.15) is 41.3 Å². The van der Waals surface area contributed by atoms with Gasteiger partial charge in [0.05, 0.1) is 29.0 Å². The number of aliphatic hydroxyl groups is 1. The molecule has 2 heterocycles. The second kappa shape index (κ2) is 12.5. The molecule has 1 amide bonds. The summed E-state index contributed by atoms with van der Waals surface area (Å²) in [5.74, 6) is 5.76. The minimum Gasteiger partial charge on any atom is -0.495 e. The Bertz CT molecular complexity index is 1480. The molecule has 3 aromatic rings. The molecule has 1 aliphatic heterocycles. The molecule has 0 spiro atoms. The van der Waals surface area contributed by atoms with Crippen molar-refractivity contribution in [1.29, 1.82) is 0 Å². The Morgan fingerprint density at radius 2 is 1.95 bits per heavy atom. The number of aromatic amines is 1. The van der Waals surface area contributed by atoms with Crippen molar-refractivity contribution in [2.75, 3.05) is 51.6 Å². The third-order valence-electron chi connectivity index (χ3n) is 6.69. The van der Waals surface area contributed by atoms with Crippen LogP contribution in [0.15, 0.2) is 48.7 Å². The van der Waals surface area contributed by atoms with E-state index in [1.165, 1.54) is 24.1 Å². The van der Waals surface area contributed by atoms with E-state index in [0.717, 1.165) is 31.6 Å². The number of ether oxygens (including phenoxy) is 1. The number of methoxy groups -OCH3 is 1. The third kappa shape index (κ3) is 6.17. The number of nitro groups is 1. The number of amides is 1. The van der Waals surface area contributed by atoms with Crippen molar-refractivity contribution < 1.29 is 19.6 Å². The molecule has 1 aliphatic rings. The molecule has 1 atom stereocenters. The molecule has 3 N–H and O–H groups in total. The standard InChI is InChI=1S/C30H33N5O5/c1-33(2)18-6-5-16-31-21-9-7-20(8-10-21)27(36)14-11-22-25(35(38)39)12-13-26-29(22)23(30(37)34(26)3)19-24-28(40-4)15-17-32-24/h7-10,12-13,15,17,19,27,31-32,36H,5-6,16,18H2,1-4H3/b23-19-. The molecule has 0 saturated heterocycles. The van der Waals surface area contributed by atoms with E-state index in [-0.39, 0.29) is 22.7 Å². The lowest BCUT2D eigenvalue weighted by molar-refractivity contribution is -0.385. The number of carbonyl (C=O) groups excluding carboxylic acids is 1. The maximum atomic E-state index is 13.2. The predicted octanol–water partition coefficient (Wildman–Crippen LogP) is 4.29. The van der Waals surface area contributed by atoms with E-state index < -0.39 is 11.0 Å². The third-order valence-corrected chi connectivity index (χ3v) is 6.69. The maximum Gasteiger partial charge on any atom is 0.285 e. The molecule has 1 unspecified atom stereocenters. The Morgan fingerprint density at radius 3 is 2.62 bits per heavy atom. The predicted molar refractivity (Wildman–Crippen MR) is 156 cm³/mol. The van der Waals surface area contributed by atoms with Crippen LogP contribution in [0.25, 0.3) is 11.6 Å². The van der Waals surface area contributed by atoms with Crippen LogP contribution in [0.2, 0.25) is 0 Å². The number of nitro benzene ring substituents is 1. The smallest absolute Gasteiger partial charge is 0.285 e. The fourth-order valence-electron chi connectivity index (χ4n) is 4.54. The van der Waals surface area contributed by atoms with E-state index in [9.17, 15) is 20.0 Å². The second-order valence-electron chi connectivity index (χ2n) is 9.72. The van der Waals surface area contributed by atoms with E-state index in [4.69, 9.17) is 4.74 Å². The number of benzene rings is 2. The molecule has 208 valence electrons. The van der Waals surface area contributed by atoms with Crippen LogP contribution in [0.5, 0.6) is 5.75 Å². The van der Waals surface area contributed by atoms with Gasteiger partial charge in [-0.1, -0.05) is 24.0 Å². The van der Waals surface area contributed by atoms with Crippen molar-refractivity contribution in [3.05, 3.63) is 81.2 Å². The molecular weight excluding hydrogens is 510 g/mol. The average molecular weight is 544 g/mol. The van der Waals surface area contributed by atoms with Crippen LogP contribution >= 0.6 is 0 Å². The molecule has 0 fully saturated rings. The van der Waals surface area contributed by atoms with Gasteiger partial charge in [-0.25, -0.2) is 0 Å². The lowest BCUT2D eigenvalue weighted by atomic mass is 9.97. The highest BCUT2D eigenvalue weighted by atomic mass is 16.6. The van der Waals surface area contributed by atoms with Gasteiger partial charge in [-0.3, -0.25) is 14.9 Å². The number of aromatic nitrogens is 1. The first-order valence-electron chi connectivity index (χ1n) is 12.9. The SMILES string of the molecule is COc1cc[nH]c1/C=C1\C(=O)N(C)c2ccc([N+](=O)[O-])c(C#CC(O)c3ccc(NCCCCN(C)C)cc3)c21. The molecule has 10 heteroatoms. The Morgan fingerprint density at radius 1 is 1.20 bits per heavy atom. The van der Waals surface area contributed by atoms with Gasteiger partial charge in [0.1, 0.15) is 17.4 Å². The Hall–Kier alpha value is -4.59. The van der Waals surface area contributed by atoms with Gasteiger partial charge in [-0.15, -0.1) is 0 Å². The summed E-state index contributed by atoms with van der Waals surface area (Å²) >= 11 is 0. The first kappa shape index (κ1) is 28.4. The zero-order valence-electron chi connectivity index (χ0n) is 23.0. The fraction of sp³-hybridized carbons (Fsp3) is 0.300. The lowest BCUT2D eigenvalue weighted by Crippen LogP contribution is -2.20. The van der Waals surface area contributed by atoms with Crippen molar-refractivity contribution in [3.8, 4) is 17.6 Å². The number of hydrogen-bond donors (Lipinski definition) is 3. The van der Waals surface area contributed by atoms with E-state index in [2.05, 4.69) is 41.1 Å². The fourth-order valence-corrected chi connectivity index (χ4v) is 4.54. The molecule has 0 aliphatic carbocycles. The number of aliphatic hydroxyl groups excluding tert-OH is 1. The summed E-state index contributed by atoms with van der Waals surface area (Å²) in [6, 6.07) is 11.9. The van der Waals surface area contributed by atoms with Gasteiger partial charge in [-0.05, 0) is 69.4 Å². The van der Waals surface area contributed by atoms with Crippen molar-refractivity contribution in [1.82, 2.24) is 9.88 Å². The molecule has 2 aromatic carbocycles. The van der Waals surface area contributed by atoms with E-state index >= 15 is 0 Å². The van der Waals surface area contributed by atoms with Gasteiger partial charge >= 0.3 is 0 Å². The number of likely N-dealkylation sites (N-methyl/N-ethyl adjacent to an activating group) is 1. The molecule has 4 rings (SSSR count). The zero-order chi connectivity index (χ0) is 28.8. The molecular formula is C30H33N5O5. The number of hydrogen-bond acceptors (Lipinski definition) is 7. The molecule has 10 nitrogen and oxygen atoms in total. The minimum atomic E-state index is -1.18. The lowest BCUT2D eigenvalue weighted by Gasteiger charge is -2.11. The molecule has 1 aromatic heterocycles. The number of carbonyl (C=O) groups is 1. The number of anilines is 2. The number of nitrogens with one attached hydrogen (secondary N) is 2. The van der Waals surface area contributed by atoms with Crippen LogP contribution in [-0.4, -0.2) is 67.2 Å². The van der Waals surface area contributed by atoms with E-state index in [1.807, 2.05) is 12.1 Å². The summed E-state index contributed by atoms with van der Waals surface area (Å²) in [5, 5.41) is 26.1. The monoisotopic (exact) mass is 543 g/mol. The second-order valence-corrected chi connectivity index (χ2v) is 9.72. The average Bonchev–Trinajstić information content (AvgIpc) is 3.49. The Balaban J connectivity index is 1.63. The van der Waals surface area contributed by atoms with E-state index in [0.29, 0.717) is 28.3 Å². The molecule has 40 heavy (non-hydrogen) atoms. The van der Waals surface area contributed by atoms with E-state index in [1.54, 1.807) is 37.5 Å². The minimum absolute atomic E-state index is 0.0621. The van der Waals surface area contributed by atoms with Gasteiger partial charge in [0, 0.05) is 37.1 Å². The van der Waals surface area contributed by atoms with Gasteiger partial charge in [0.2, 0.25) is 0 Å². The quantitative estimate of drug-likeness (QED) is 0.115. The van der Waals surface area contributed by atoms with Crippen LogP contribution < -0.4 is 15.0 Å². The van der Waals surface area contributed by atoms with Crippen molar-refractivity contribution >= 4 is 34.6 Å². The summed E-state index contributed by atoms with van der Waals surface area (Å²) < 4.78 is 5.34. The summed E-state index contributed by atoms with van der Waals surface area (Å²) in [6.45, 7) is 1.88. The number of nitrogens with zero attached hydrogens (tertiary/aromatic N) is 3. The Kier molecular flexibility index (Phi) is 8.89. The highest BCUT2D eigenvalue weighted by Gasteiger charge is 2.35. The number of H-pyrrole nitrogens is 1. The summed E-state index contributed by atoms with van der Waals surface area (Å²) in [5.41, 5.74) is 2.92. The van der Waals surface area contributed by atoms with Crippen molar-refractivity contribution in [2.45, 2.75) is 18.9 Å². The summed E-state index contributed by atoms with van der Waals surface area (Å²) in [4.78, 5) is 31.2. The first-order chi connectivity index (χ1) is 19.2. The largest absolute Gasteiger partial charge is 0.495 e. The topological polar surface area (TPSA) is 124 Å². The molecule has 0 radical (unpaired) electrons. The van der Waals surface area contributed by atoms with Crippen LogP contribution in [0.3, 0.4) is 0 Å². The highest BCUT2D eigenvalue weighted by Crippen LogP contribution is 2.42. The normalized spacial score (nSPS) is 14.2. The van der Waals surface area contributed by atoms with Crippen molar-refractivity contribution in [2.24, 2.45) is 0 Å². The maximum absolute atomic E-state index is 13.2. The highest BCUT2D eigenvalue weighted by molar-refractivity contribution is 6.36. The number of unbranched alkanes of at least 4 members (excludes halogenated alkanes) is 1. The Labute approximate surface area is 233 Å². The van der Waals surface area contributed by atoms with Gasteiger partial charge in [0.15, 0.2) is 0 Å². The van der Waals surface area contributed by atoms with Gasteiger partial charge < -0.3 is 29.9 Å². The summed E-state index contributed by atoms with van der Waals surface area (Å²) in [7, 11) is 7.22. The molecule has 0 bridgehead atoms. The van der Waals surface area contributed by atoms with Gasteiger partial charge in [-0.2, -0.15) is 0 Å². The summed E-state index contributed by atoms with van der Waals surface area (Å²) in [6.07, 6.45) is 4.22. The first-order valence-corrected chi connectivity index (χ1v) is 12.9.